The van der Waals surface area contributed by atoms with Crippen molar-refractivity contribution in [3.63, 3.8) is 0 Å². The Morgan fingerprint density at radius 1 is 1.14 bits per heavy atom. The summed E-state index contributed by atoms with van der Waals surface area (Å²) in [6, 6.07) is 18.4. The number of nitrogens with zero attached hydrogens (tertiary/aromatic N) is 2. The predicted octanol–water partition coefficient (Wildman–Crippen LogP) is 3.91. The van der Waals surface area contributed by atoms with Crippen molar-refractivity contribution in [2.45, 2.75) is 13.2 Å². The lowest BCUT2D eigenvalue weighted by atomic mass is 10.1. The fourth-order valence-electron chi connectivity index (χ4n) is 2.76. The van der Waals surface area contributed by atoms with E-state index in [4.69, 9.17) is 16.3 Å². The van der Waals surface area contributed by atoms with Gasteiger partial charge in [-0.2, -0.15) is 0 Å². The van der Waals surface area contributed by atoms with Gasteiger partial charge in [-0.25, -0.2) is 4.98 Å². The summed E-state index contributed by atoms with van der Waals surface area (Å²) in [5, 5.41) is 2.96. The minimum Gasteiger partial charge on any atom is -0.459 e. The molecule has 0 spiro atoms. The molecule has 2 aromatic carbocycles. The van der Waals surface area contributed by atoms with Gasteiger partial charge in [-0.15, -0.1) is 6.58 Å². The number of aromatic nitrogens is 2. The molecule has 3 aromatic rings. The van der Waals surface area contributed by atoms with E-state index in [0.29, 0.717) is 17.8 Å². The van der Waals surface area contributed by atoms with Gasteiger partial charge >= 0.3 is 5.97 Å². The van der Waals surface area contributed by atoms with Gasteiger partial charge in [0.2, 0.25) is 0 Å². The van der Waals surface area contributed by atoms with E-state index in [1.165, 1.54) is 4.57 Å². The van der Waals surface area contributed by atoms with E-state index < -0.39 is 11.5 Å². The van der Waals surface area contributed by atoms with Crippen molar-refractivity contribution < 1.29 is 9.53 Å². The van der Waals surface area contributed by atoms with Crippen LogP contribution in [0.3, 0.4) is 0 Å². The summed E-state index contributed by atoms with van der Waals surface area (Å²) in [4.78, 5) is 29.6. The molecule has 1 heterocycles. The molecule has 0 bridgehead atoms. The van der Waals surface area contributed by atoms with Crippen LogP contribution in [0.4, 0.5) is 5.82 Å². The Hall–Kier alpha value is -3.38. The Kier molecular flexibility index (Phi) is 6.81. The molecule has 0 atom stereocenters. The van der Waals surface area contributed by atoms with E-state index in [9.17, 15) is 9.59 Å². The van der Waals surface area contributed by atoms with Gasteiger partial charge < -0.3 is 10.1 Å². The molecule has 0 radical (unpaired) electrons. The number of halogens is 1. The van der Waals surface area contributed by atoms with Gasteiger partial charge in [0.05, 0.1) is 5.69 Å². The van der Waals surface area contributed by atoms with E-state index in [2.05, 4.69) is 16.9 Å². The van der Waals surface area contributed by atoms with E-state index in [-0.39, 0.29) is 24.1 Å². The summed E-state index contributed by atoms with van der Waals surface area (Å²) < 4.78 is 6.62. The number of hydrogen-bond donors (Lipinski definition) is 1. The molecule has 1 N–H and O–H groups in total. The second-order valence-electron chi connectivity index (χ2n) is 6.17. The molecule has 0 unspecified atom stereocenters. The average molecular weight is 410 g/mol. The lowest BCUT2D eigenvalue weighted by molar-refractivity contribution is -0.145. The van der Waals surface area contributed by atoms with Crippen molar-refractivity contribution in [2.24, 2.45) is 0 Å². The molecule has 0 aliphatic heterocycles. The maximum atomic E-state index is 13.0. The van der Waals surface area contributed by atoms with Crippen LogP contribution >= 0.6 is 11.6 Å². The Labute approximate surface area is 173 Å². The molecule has 1 aromatic heterocycles. The number of nitrogens with one attached hydrogen (secondary N) is 1. The topological polar surface area (TPSA) is 73.2 Å². The van der Waals surface area contributed by atoms with Crippen molar-refractivity contribution in [1.29, 1.82) is 0 Å². The van der Waals surface area contributed by atoms with E-state index in [1.807, 2.05) is 48.5 Å². The second kappa shape index (κ2) is 9.71. The van der Waals surface area contributed by atoms with Crippen LogP contribution in [0.2, 0.25) is 5.15 Å². The van der Waals surface area contributed by atoms with Crippen LogP contribution in [0.5, 0.6) is 0 Å². The normalized spacial score (nSPS) is 10.4. The quantitative estimate of drug-likeness (QED) is 0.451. The van der Waals surface area contributed by atoms with E-state index >= 15 is 0 Å². The summed E-state index contributed by atoms with van der Waals surface area (Å²) in [6.07, 6.45) is 1.60. The SMILES string of the molecule is C=CCNc1nc(Cl)c(-c2ccccc2)n(CC(=O)OCc2ccccc2)c1=O. The number of esters is 1. The van der Waals surface area contributed by atoms with E-state index in [1.54, 1.807) is 18.2 Å². The van der Waals surface area contributed by atoms with Gasteiger partial charge in [0.25, 0.3) is 5.56 Å². The maximum absolute atomic E-state index is 13.0. The summed E-state index contributed by atoms with van der Waals surface area (Å²) in [6.45, 7) is 3.78. The average Bonchev–Trinajstić information content (AvgIpc) is 2.75. The van der Waals surface area contributed by atoms with Crippen molar-refractivity contribution in [1.82, 2.24) is 9.55 Å². The number of anilines is 1. The minimum absolute atomic E-state index is 0.0467. The van der Waals surface area contributed by atoms with Crippen molar-refractivity contribution in [3.05, 3.63) is 94.4 Å². The van der Waals surface area contributed by atoms with Crippen molar-refractivity contribution >= 4 is 23.4 Å². The first-order chi connectivity index (χ1) is 14.1. The maximum Gasteiger partial charge on any atom is 0.326 e. The predicted molar refractivity (Wildman–Crippen MR) is 114 cm³/mol. The zero-order valence-corrected chi connectivity index (χ0v) is 16.4. The molecule has 6 nitrogen and oxygen atoms in total. The number of hydrogen-bond acceptors (Lipinski definition) is 5. The van der Waals surface area contributed by atoms with Crippen LogP contribution in [0.25, 0.3) is 11.3 Å². The van der Waals surface area contributed by atoms with Gasteiger partial charge in [0, 0.05) is 12.1 Å². The molecular formula is C22H20ClN3O3. The lowest BCUT2D eigenvalue weighted by Crippen LogP contribution is -2.30. The number of carbonyl (C=O) groups excluding carboxylic acids is 1. The smallest absolute Gasteiger partial charge is 0.326 e. The molecule has 0 saturated carbocycles. The van der Waals surface area contributed by atoms with Gasteiger partial charge in [0.15, 0.2) is 11.0 Å². The Morgan fingerprint density at radius 3 is 2.45 bits per heavy atom. The molecule has 29 heavy (non-hydrogen) atoms. The zero-order chi connectivity index (χ0) is 20.6. The second-order valence-corrected chi connectivity index (χ2v) is 6.53. The fraction of sp³-hybridized carbons (Fsp3) is 0.136. The molecular weight excluding hydrogens is 390 g/mol. The van der Waals surface area contributed by atoms with Gasteiger partial charge in [-0.1, -0.05) is 78.3 Å². The van der Waals surface area contributed by atoms with Crippen LogP contribution < -0.4 is 10.9 Å². The van der Waals surface area contributed by atoms with Gasteiger partial charge in [-0.3, -0.25) is 14.2 Å². The third-order valence-electron chi connectivity index (χ3n) is 4.11. The molecule has 0 aliphatic carbocycles. The fourth-order valence-corrected chi connectivity index (χ4v) is 3.05. The van der Waals surface area contributed by atoms with Crippen LogP contribution in [0.1, 0.15) is 5.56 Å². The molecule has 0 amide bonds. The third kappa shape index (κ3) is 5.12. The first-order valence-corrected chi connectivity index (χ1v) is 9.38. The molecule has 7 heteroatoms. The van der Waals surface area contributed by atoms with E-state index in [0.717, 1.165) is 5.56 Å². The monoisotopic (exact) mass is 409 g/mol. The van der Waals surface area contributed by atoms with Crippen molar-refractivity contribution in [2.75, 3.05) is 11.9 Å². The third-order valence-corrected chi connectivity index (χ3v) is 4.38. The molecule has 0 aliphatic rings. The lowest BCUT2D eigenvalue weighted by Gasteiger charge is -2.16. The standard InChI is InChI=1S/C22H20ClN3O3/c1-2-13-24-21-22(28)26(14-18(27)29-15-16-9-5-3-6-10-16)19(20(23)25-21)17-11-7-4-8-12-17/h2-12H,1,13-15H2,(H,24,25). The molecule has 3 rings (SSSR count). The number of ether oxygens (including phenoxy) is 1. The zero-order valence-electron chi connectivity index (χ0n) is 15.7. The summed E-state index contributed by atoms with van der Waals surface area (Å²) >= 11 is 6.39. The molecule has 0 saturated heterocycles. The highest BCUT2D eigenvalue weighted by Gasteiger charge is 2.19. The Morgan fingerprint density at radius 2 is 1.79 bits per heavy atom. The van der Waals surface area contributed by atoms with Crippen LogP contribution in [0.15, 0.2) is 78.1 Å². The largest absolute Gasteiger partial charge is 0.459 e. The summed E-state index contributed by atoms with van der Waals surface area (Å²) in [7, 11) is 0. The van der Waals surface area contributed by atoms with Crippen LogP contribution in [-0.4, -0.2) is 22.1 Å². The number of benzene rings is 2. The summed E-state index contributed by atoms with van der Waals surface area (Å²) in [5.41, 5.74) is 1.43. The number of rotatable bonds is 8. The van der Waals surface area contributed by atoms with Gasteiger partial charge in [0.1, 0.15) is 13.2 Å². The number of carbonyl (C=O) groups is 1. The molecule has 0 fully saturated rings. The highest BCUT2D eigenvalue weighted by atomic mass is 35.5. The molecule has 148 valence electrons. The summed E-state index contributed by atoms with van der Waals surface area (Å²) in [5.74, 6) is -0.504. The first-order valence-electron chi connectivity index (χ1n) is 9.00. The first kappa shape index (κ1) is 20.4. The highest BCUT2D eigenvalue weighted by Crippen LogP contribution is 2.26. The van der Waals surface area contributed by atoms with Crippen LogP contribution in [-0.2, 0) is 22.7 Å². The Balaban J connectivity index is 1.93. The Bertz CT molecular complexity index is 1050. The van der Waals surface area contributed by atoms with Gasteiger partial charge in [-0.05, 0) is 5.56 Å². The minimum atomic E-state index is -0.551. The van der Waals surface area contributed by atoms with Crippen LogP contribution in [0, 0.1) is 0 Å². The highest BCUT2D eigenvalue weighted by molar-refractivity contribution is 6.32. The van der Waals surface area contributed by atoms with Crippen molar-refractivity contribution in [3.8, 4) is 11.3 Å².